The van der Waals surface area contributed by atoms with Crippen LogP contribution in [0.2, 0.25) is 0 Å². The number of aromatic nitrogens is 6. The molecular weight excluding hydrogens is 323 g/mol. The van der Waals surface area contributed by atoms with E-state index in [0.29, 0.717) is 11.2 Å². The van der Waals surface area contributed by atoms with Gasteiger partial charge < -0.3 is 5.32 Å². The highest BCUT2D eigenvalue weighted by molar-refractivity contribution is 5.78. The Hall–Kier alpha value is -3.17. The van der Waals surface area contributed by atoms with Gasteiger partial charge in [-0.3, -0.25) is 0 Å². The second-order valence-corrected chi connectivity index (χ2v) is 5.06. The van der Waals surface area contributed by atoms with Crippen LogP contribution < -0.4 is 5.32 Å². The van der Waals surface area contributed by atoms with Crippen molar-refractivity contribution < 1.29 is 13.2 Å². The first-order valence-corrected chi connectivity index (χ1v) is 6.95. The lowest BCUT2D eigenvalue weighted by atomic mass is 10.2. The van der Waals surface area contributed by atoms with Gasteiger partial charge in [0.25, 0.3) is 0 Å². The third-order valence-corrected chi connectivity index (χ3v) is 3.39. The molecule has 4 heterocycles. The molecule has 4 rings (SSSR count). The SMILES string of the molecule is FC(F)(F)CNc1ncc2c(-c3ccc4nccn4n3)ccn2n1. The molecule has 7 nitrogen and oxygen atoms in total. The maximum Gasteiger partial charge on any atom is 0.405 e. The van der Waals surface area contributed by atoms with Crippen LogP contribution in [0.3, 0.4) is 0 Å². The second kappa shape index (κ2) is 5.18. The minimum absolute atomic E-state index is 0.0972. The number of nitrogens with zero attached hydrogens (tertiary/aromatic N) is 6. The largest absolute Gasteiger partial charge is 0.405 e. The van der Waals surface area contributed by atoms with Gasteiger partial charge in [-0.05, 0) is 18.2 Å². The molecule has 0 amide bonds. The predicted octanol–water partition coefficient (Wildman–Crippen LogP) is 2.41. The molecule has 0 unspecified atom stereocenters. The highest BCUT2D eigenvalue weighted by Crippen LogP contribution is 2.23. The van der Waals surface area contributed by atoms with Crippen LogP contribution in [-0.2, 0) is 0 Å². The summed E-state index contributed by atoms with van der Waals surface area (Å²) in [5.74, 6) is -0.0972. The van der Waals surface area contributed by atoms with Crippen molar-refractivity contribution in [2.45, 2.75) is 6.18 Å². The van der Waals surface area contributed by atoms with Crippen LogP contribution in [0.1, 0.15) is 0 Å². The van der Waals surface area contributed by atoms with Crippen LogP contribution in [0.25, 0.3) is 22.4 Å². The zero-order chi connectivity index (χ0) is 16.7. The van der Waals surface area contributed by atoms with E-state index in [4.69, 9.17) is 0 Å². The average molecular weight is 333 g/mol. The number of rotatable bonds is 3. The number of anilines is 1. The molecule has 4 aromatic heterocycles. The van der Waals surface area contributed by atoms with E-state index in [1.807, 2.05) is 12.1 Å². The molecule has 10 heteroatoms. The van der Waals surface area contributed by atoms with E-state index in [-0.39, 0.29) is 5.95 Å². The summed E-state index contributed by atoms with van der Waals surface area (Å²) in [6.07, 6.45) is 2.15. The van der Waals surface area contributed by atoms with E-state index in [0.717, 1.165) is 11.2 Å². The third-order valence-electron chi connectivity index (χ3n) is 3.39. The second-order valence-electron chi connectivity index (χ2n) is 5.06. The topological polar surface area (TPSA) is 72.4 Å². The van der Waals surface area contributed by atoms with Gasteiger partial charge in [0.1, 0.15) is 6.54 Å². The minimum Gasteiger partial charge on any atom is -0.344 e. The Kier molecular flexibility index (Phi) is 3.12. The molecule has 0 aliphatic heterocycles. The number of hydrogen-bond donors (Lipinski definition) is 1. The molecule has 1 N–H and O–H groups in total. The predicted molar refractivity (Wildman–Crippen MR) is 79.5 cm³/mol. The lowest BCUT2D eigenvalue weighted by Gasteiger charge is -2.08. The van der Waals surface area contributed by atoms with Crippen LogP contribution >= 0.6 is 0 Å². The Morgan fingerprint density at radius 3 is 2.71 bits per heavy atom. The van der Waals surface area contributed by atoms with Crippen LogP contribution in [0.5, 0.6) is 0 Å². The van der Waals surface area contributed by atoms with E-state index in [1.165, 1.54) is 10.7 Å². The smallest absolute Gasteiger partial charge is 0.344 e. The lowest BCUT2D eigenvalue weighted by molar-refractivity contribution is -0.115. The molecule has 0 radical (unpaired) electrons. The number of hydrogen-bond acceptors (Lipinski definition) is 5. The summed E-state index contributed by atoms with van der Waals surface area (Å²) in [5.41, 5.74) is 2.81. The zero-order valence-corrected chi connectivity index (χ0v) is 12.1. The van der Waals surface area contributed by atoms with Gasteiger partial charge in [0.15, 0.2) is 5.65 Å². The molecule has 0 bridgehead atoms. The maximum atomic E-state index is 12.2. The standard InChI is InChI=1S/C14H10F3N7/c15-14(16,17)8-20-13-19-7-11-9(3-5-23(11)22-13)10-1-2-12-18-4-6-24(12)21-10/h1-7H,8H2,(H,20,22). The Bertz CT molecular complexity index is 1020. The fourth-order valence-electron chi connectivity index (χ4n) is 2.34. The highest BCUT2D eigenvalue weighted by Gasteiger charge is 2.27. The van der Waals surface area contributed by atoms with Crippen molar-refractivity contribution in [3.63, 3.8) is 0 Å². The molecule has 0 fully saturated rings. The van der Waals surface area contributed by atoms with Crippen molar-refractivity contribution in [1.29, 1.82) is 0 Å². The van der Waals surface area contributed by atoms with Gasteiger partial charge in [0, 0.05) is 24.2 Å². The van der Waals surface area contributed by atoms with Crippen molar-refractivity contribution in [1.82, 2.24) is 29.2 Å². The summed E-state index contributed by atoms with van der Waals surface area (Å²) in [7, 11) is 0. The summed E-state index contributed by atoms with van der Waals surface area (Å²) < 4.78 is 39.8. The average Bonchev–Trinajstić information content (AvgIpc) is 3.17. The number of fused-ring (bicyclic) bond motifs is 2. The van der Waals surface area contributed by atoms with Crippen molar-refractivity contribution in [3.05, 3.63) is 43.0 Å². The first-order chi connectivity index (χ1) is 11.5. The van der Waals surface area contributed by atoms with Gasteiger partial charge in [-0.2, -0.15) is 18.3 Å². The Morgan fingerprint density at radius 2 is 1.88 bits per heavy atom. The molecule has 122 valence electrons. The first-order valence-electron chi connectivity index (χ1n) is 6.95. The van der Waals surface area contributed by atoms with Crippen molar-refractivity contribution in [2.24, 2.45) is 0 Å². The Labute approximate surface area is 132 Å². The van der Waals surface area contributed by atoms with Crippen LogP contribution in [0.4, 0.5) is 19.1 Å². The zero-order valence-electron chi connectivity index (χ0n) is 12.1. The van der Waals surface area contributed by atoms with Crippen molar-refractivity contribution in [2.75, 3.05) is 11.9 Å². The fourth-order valence-corrected chi connectivity index (χ4v) is 2.34. The van der Waals surface area contributed by atoms with E-state index in [2.05, 4.69) is 25.5 Å². The number of halogens is 3. The summed E-state index contributed by atoms with van der Waals surface area (Å²) in [4.78, 5) is 8.06. The molecular formula is C14H10F3N7. The van der Waals surface area contributed by atoms with Crippen LogP contribution in [0.15, 0.2) is 43.0 Å². The molecule has 0 aromatic carbocycles. The molecule has 24 heavy (non-hydrogen) atoms. The first kappa shape index (κ1) is 14.4. The van der Waals surface area contributed by atoms with E-state index < -0.39 is 12.7 Å². The monoisotopic (exact) mass is 333 g/mol. The Morgan fingerprint density at radius 1 is 1.00 bits per heavy atom. The molecule has 0 saturated heterocycles. The Balaban J connectivity index is 1.69. The van der Waals surface area contributed by atoms with Gasteiger partial charge in [0.2, 0.25) is 5.95 Å². The summed E-state index contributed by atoms with van der Waals surface area (Å²) in [6.45, 7) is -1.19. The van der Waals surface area contributed by atoms with Crippen molar-refractivity contribution in [3.8, 4) is 11.3 Å². The van der Waals surface area contributed by atoms with Gasteiger partial charge in [0.05, 0.1) is 17.4 Å². The normalized spacial score (nSPS) is 12.1. The highest BCUT2D eigenvalue weighted by atomic mass is 19.4. The molecule has 0 spiro atoms. The molecule has 0 atom stereocenters. The molecule has 0 aliphatic carbocycles. The molecule has 0 saturated carbocycles. The van der Waals surface area contributed by atoms with Crippen LogP contribution in [-0.4, -0.2) is 41.9 Å². The molecule has 0 aliphatic rings. The summed E-state index contributed by atoms with van der Waals surface area (Å²) in [6, 6.07) is 5.42. The third kappa shape index (κ3) is 2.62. The quantitative estimate of drug-likeness (QED) is 0.623. The number of alkyl halides is 3. The van der Waals surface area contributed by atoms with E-state index in [9.17, 15) is 13.2 Å². The minimum atomic E-state index is -4.33. The number of imidazole rings is 1. The van der Waals surface area contributed by atoms with E-state index in [1.54, 1.807) is 29.2 Å². The molecule has 4 aromatic rings. The number of nitrogens with one attached hydrogen (secondary N) is 1. The van der Waals surface area contributed by atoms with Crippen molar-refractivity contribution >= 4 is 17.1 Å². The lowest BCUT2D eigenvalue weighted by Crippen LogP contribution is -2.22. The van der Waals surface area contributed by atoms with Crippen LogP contribution in [0, 0.1) is 0 Å². The van der Waals surface area contributed by atoms with Gasteiger partial charge >= 0.3 is 6.18 Å². The maximum absolute atomic E-state index is 12.2. The summed E-state index contributed by atoms with van der Waals surface area (Å²) in [5, 5.41) is 10.6. The van der Waals surface area contributed by atoms with Gasteiger partial charge in [-0.1, -0.05) is 0 Å². The van der Waals surface area contributed by atoms with Gasteiger partial charge in [-0.25, -0.2) is 19.0 Å². The summed E-state index contributed by atoms with van der Waals surface area (Å²) >= 11 is 0. The van der Waals surface area contributed by atoms with Gasteiger partial charge in [-0.15, -0.1) is 5.10 Å². The van der Waals surface area contributed by atoms with E-state index >= 15 is 0 Å². The fraction of sp³-hybridized carbons (Fsp3) is 0.143.